The highest BCUT2D eigenvalue weighted by molar-refractivity contribution is 6.31. The summed E-state index contributed by atoms with van der Waals surface area (Å²) < 4.78 is 0. The van der Waals surface area contributed by atoms with Crippen molar-refractivity contribution in [3.8, 4) is 0 Å². The second-order valence-corrected chi connectivity index (χ2v) is 4.92. The lowest BCUT2D eigenvalue weighted by atomic mass is 10.1. The molecule has 0 aliphatic rings. The topological polar surface area (TPSA) is 57.8 Å². The van der Waals surface area contributed by atoms with Crippen LogP contribution in [0.2, 0.25) is 5.02 Å². The minimum atomic E-state index is -0.149. The van der Waals surface area contributed by atoms with Gasteiger partial charge in [0.15, 0.2) is 0 Å². The number of hydrogen-bond donors (Lipinski definition) is 2. The van der Waals surface area contributed by atoms with Crippen LogP contribution in [0.5, 0.6) is 0 Å². The number of imidazole rings is 1. The Hall–Kier alpha value is -1.81. The van der Waals surface area contributed by atoms with E-state index < -0.39 is 0 Å². The largest absolute Gasteiger partial charge is 0.346 e. The van der Waals surface area contributed by atoms with Crippen molar-refractivity contribution in [2.24, 2.45) is 0 Å². The standard InChI is InChI=1S/C14H16ClN3O/c1-9-8-16-14(17-9)10(2)18-13(19)7-11-5-3-4-6-12(11)15/h3-6,8,10H,7H2,1-2H3,(H,16,17)(H,18,19). The number of hydrogen-bond acceptors (Lipinski definition) is 2. The number of amides is 1. The Morgan fingerprint density at radius 1 is 1.47 bits per heavy atom. The minimum Gasteiger partial charge on any atom is -0.346 e. The van der Waals surface area contributed by atoms with Gasteiger partial charge < -0.3 is 10.3 Å². The fourth-order valence-electron chi connectivity index (χ4n) is 1.83. The Morgan fingerprint density at radius 2 is 2.21 bits per heavy atom. The molecule has 0 aliphatic carbocycles. The van der Waals surface area contributed by atoms with Gasteiger partial charge in [-0.15, -0.1) is 0 Å². The van der Waals surface area contributed by atoms with Crippen LogP contribution in [0.4, 0.5) is 0 Å². The third-order valence-corrected chi connectivity index (χ3v) is 3.19. The van der Waals surface area contributed by atoms with E-state index in [0.29, 0.717) is 5.02 Å². The summed E-state index contributed by atoms with van der Waals surface area (Å²) in [5.74, 6) is 0.680. The molecule has 5 heteroatoms. The Labute approximate surface area is 117 Å². The predicted molar refractivity (Wildman–Crippen MR) is 75.0 cm³/mol. The summed E-state index contributed by atoms with van der Waals surface area (Å²) in [5, 5.41) is 3.50. The zero-order valence-corrected chi connectivity index (χ0v) is 11.7. The second-order valence-electron chi connectivity index (χ2n) is 4.51. The first kappa shape index (κ1) is 13.6. The summed E-state index contributed by atoms with van der Waals surface area (Å²) in [6, 6.07) is 7.20. The van der Waals surface area contributed by atoms with Gasteiger partial charge in [0.05, 0.1) is 12.5 Å². The van der Waals surface area contributed by atoms with E-state index in [2.05, 4.69) is 15.3 Å². The number of nitrogens with zero attached hydrogens (tertiary/aromatic N) is 1. The summed E-state index contributed by atoms with van der Waals surface area (Å²) in [6.07, 6.45) is 2.01. The van der Waals surface area contributed by atoms with E-state index in [-0.39, 0.29) is 18.4 Å². The summed E-state index contributed by atoms with van der Waals surface area (Å²) >= 11 is 6.03. The van der Waals surface area contributed by atoms with Gasteiger partial charge >= 0.3 is 0 Å². The average molecular weight is 278 g/mol. The SMILES string of the molecule is Cc1cnc(C(C)NC(=O)Cc2ccccc2Cl)[nH]1. The lowest BCUT2D eigenvalue weighted by Crippen LogP contribution is -2.28. The molecule has 0 radical (unpaired) electrons. The monoisotopic (exact) mass is 277 g/mol. The molecule has 0 fully saturated rings. The van der Waals surface area contributed by atoms with E-state index in [1.165, 1.54) is 0 Å². The van der Waals surface area contributed by atoms with Crippen molar-refractivity contribution in [3.63, 3.8) is 0 Å². The van der Waals surface area contributed by atoms with Crippen molar-refractivity contribution in [2.75, 3.05) is 0 Å². The molecule has 4 nitrogen and oxygen atoms in total. The van der Waals surface area contributed by atoms with Crippen LogP contribution >= 0.6 is 11.6 Å². The number of nitrogens with one attached hydrogen (secondary N) is 2. The molecule has 1 atom stereocenters. The van der Waals surface area contributed by atoms with E-state index in [4.69, 9.17) is 11.6 Å². The molecule has 2 rings (SSSR count). The molecule has 0 aliphatic heterocycles. The van der Waals surface area contributed by atoms with Gasteiger partial charge in [-0.2, -0.15) is 0 Å². The molecule has 0 saturated carbocycles. The van der Waals surface area contributed by atoms with Crippen LogP contribution in [0.15, 0.2) is 30.5 Å². The molecule has 2 N–H and O–H groups in total. The van der Waals surface area contributed by atoms with Gasteiger partial charge in [0.1, 0.15) is 5.82 Å². The number of halogens is 1. The van der Waals surface area contributed by atoms with Gasteiger partial charge in [0.25, 0.3) is 0 Å². The maximum Gasteiger partial charge on any atom is 0.225 e. The van der Waals surface area contributed by atoms with Crippen molar-refractivity contribution in [3.05, 3.63) is 52.6 Å². The van der Waals surface area contributed by atoms with Crippen molar-refractivity contribution in [2.45, 2.75) is 26.3 Å². The molecule has 0 saturated heterocycles. The zero-order chi connectivity index (χ0) is 13.8. The molecule has 2 aromatic rings. The molecule has 1 heterocycles. The zero-order valence-electron chi connectivity index (χ0n) is 10.9. The summed E-state index contributed by atoms with van der Waals surface area (Å²) in [4.78, 5) is 19.2. The highest BCUT2D eigenvalue weighted by Crippen LogP contribution is 2.16. The molecule has 1 amide bonds. The first-order valence-electron chi connectivity index (χ1n) is 6.10. The number of aromatic amines is 1. The number of carbonyl (C=O) groups excluding carboxylic acids is 1. The maximum absolute atomic E-state index is 11.9. The normalized spacial score (nSPS) is 12.2. The number of aromatic nitrogens is 2. The Balaban J connectivity index is 1.96. The van der Waals surface area contributed by atoms with Gasteiger partial charge in [-0.3, -0.25) is 4.79 Å². The van der Waals surface area contributed by atoms with Crippen LogP contribution in [0.1, 0.15) is 30.0 Å². The summed E-state index contributed by atoms with van der Waals surface area (Å²) in [5.41, 5.74) is 1.80. The number of benzene rings is 1. The van der Waals surface area contributed by atoms with Crippen molar-refractivity contribution < 1.29 is 4.79 Å². The van der Waals surface area contributed by atoms with Crippen molar-refractivity contribution in [1.82, 2.24) is 15.3 Å². The van der Waals surface area contributed by atoms with E-state index >= 15 is 0 Å². The molecular formula is C14H16ClN3O. The second kappa shape index (κ2) is 5.89. The maximum atomic E-state index is 11.9. The summed E-state index contributed by atoms with van der Waals surface area (Å²) in [7, 11) is 0. The number of carbonyl (C=O) groups is 1. The van der Waals surface area contributed by atoms with Crippen LogP contribution in [0.3, 0.4) is 0 Å². The van der Waals surface area contributed by atoms with Crippen LogP contribution in [-0.4, -0.2) is 15.9 Å². The van der Waals surface area contributed by atoms with Gasteiger partial charge in [0.2, 0.25) is 5.91 Å². The average Bonchev–Trinajstić information content (AvgIpc) is 2.79. The van der Waals surface area contributed by atoms with E-state index in [9.17, 15) is 4.79 Å². The molecule has 1 aromatic heterocycles. The Bertz CT molecular complexity index is 580. The summed E-state index contributed by atoms with van der Waals surface area (Å²) in [6.45, 7) is 3.82. The van der Waals surface area contributed by atoms with E-state index in [1.54, 1.807) is 12.3 Å². The van der Waals surface area contributed by atoms with Crippen LogP contribution in [0, 0.1) is 6.92 Å². The molecule has 1 unspecified atom stereocenters. The van der Waals surface area contributed by atoms with E-state index in [1.807, 2.05) is 32.0 Å². The van der Waals surface area contributed by atoms with Gasteiger partial charge in [-0.25, -0.2) is 4.98 Å². The van der Waals surface area contributed by atoms with Crippen LogP contribution < -0.4 is 5.32 Å². The number of rotatable bonds is 4. The molecular weight excluding hydrogens is 262 g/mol. The van der Waals surface area contributed by atoms with E-state index in [0.717, 1.165) is 17.1 Å². The predicted octanol–water partition coefficient (Wildman–Crippen LogP) is 2.79. The number of H-pyrrole nitrogens is 1. The molecule has 0 bridgehead atoms. The third kappa shape index (κ3) is 3.58. The number of aryl methyl sites for hydroxylation is 1. The van der Waals surface area contributed by atoms with Gasteiger partial charge in [0, 0.05) is 16.9 Å². The molecule has 0 spiro atoms. The minimum absolute atomic E-state index is 0.0744. The van der Waals surface area contributed by atoms with Gasteiger partial charge in [-0.05, 0) is 25.5 Å². The fraction of sp³-hybridized carbons (Fsp3) is 0.286. The van der Waals surface area contributed by atoms with Crippen LogP contribution in [-0.2, 0) is 11.2 Å². The smallest absolute Gasteiger partial charge is 0.225 e. The first-order chi connectivity index (χ1) is 9.06. The van der Waals surface area contributed by atoms with Crippen LogP contribution in [0.25, 0.3) is 0 Å². The highest BCUT2D eigenvalue weighted by atomic mass is 35.5. The first-order valence-corrected chi connectivity index (χ1v) is 6.48. The van der Waals surface area contributed by atoms with Gasteiger partial charge in [-0.1, -0.05) is 29.8 Å². The molecule has 100 valence electrons. The third-order valence-electron chi connectivity index (χ3n) is 2.82. The Kier molecular flexibility index (Phi) is 4.22. The highest BCUT2D eigenvalue weighted by Gasteiger charge is 2.13. The molecule has 1 aromatic carbocycles. The van der Waals surface area contributed by atoms with Crippen molar-refractivity contribution >= 4 is 17.5 Å². The fourth-order valence-corrected chi connectivity index (χ4v) is 2.03. The lowest BCUT2D eigenvalue weighted by Gasteiger charge is -2.12. The van der Waals surface area contributed by atoms with Crippen molar-refractivity contribution in [1.29, 1.82) is 0 Å². The Morgan fingerprint density at radius 3 is 2.84 bits per heavy atom. The lowest BCUT2D eigenvalue weighted by molar-refractivity contribution is -0.121. The molecule has 19 heavy (non-hydrogen) atoms. The quantitative estimate of drug-likeness (QED) is 0.903.